The van der Waals surface area contributed by atoms with Gasteiger partial charge in [-0.2, -0.15) is 0 Å². The van der Waals surface area contributed by atoms with Gasteiger partial charge in [0, 0.05) is 59.4 Å². The zero-order valence-electron chi connectivity index (χ0n) is 20.5. The summed E-state index contributed by atoms with van der Waals surface area (Å²) in [6.07, 6.45) is 2.82. The number of piperazine rings is 1. The van der Waals surface area contributed by atoms with Crippen molar-refractivity contribution >= 4 is 40.5 Å². The number of fused-ring (bicyclic) bond motifs is 1. The van der Waals surface area contributed by atoms with Crippen molar-refractivity contribution in [3.8, 4) is 5.75 Å². The number of aromatic amines is 1. The molecule has 2 heterocycles. The quantitative estimate of drug-likeness (QED) is 0.262. The van der Waals surface area contributed by atoms with Gasteiger partial charge in [0.05, 0.1) is 12.8 Å². The average molecular weight is 489 g/mol. The number of aryl methyl sites for hydroxylation is 1. The van der Waals surface area contributed by atoms with E-state index in [1.807, 2.05) is 61.7 Å². The van der Waals surface area contributed by atoms with Crippen LogP contribution >= 0.6 is 11.9 Å². The summed E-state index contributed by atoms with van der Waals surface area (Å²) in [7, 11) is 3.90. The van der Waals surface area contributed by atoms with Crippen LogP contribution in [0.25, 0.3) is 10.9 Å². The minimum Gasteiger partial charge on any atom is -0.495 e. The molecule has 35 heavy (non-hydrogen) atoms. The van der Waals surface area contributed by atoms with Crippen molar-refractivity contribution in [3.05, 3.63) is 84.1 Å². The number of methoxy groups -OCH3 is 1. The van der Waals surface area contributed by atoms with E-state index in [0.29, 0.717) is 0 Å². The van der Waals surface area contributed by atoms with E-state index in [2.05, 4.69) is 44.8 Å². The Balaban J connectivity index is 0.000000172. The Morgan fingerprint density at radius 1 is 1.00 bits per heavy atom. The number of rotatable bonds is 6. The Hall–Kier alpha value is -3.42. The Bertz CT molecular complexity index is 1260. The number of nitrogens with zero attached hydrogens (tertiary/aromatic N) is 2. The van der Waals surface area contributed by atoms with E-state index >= 15 is 0 Å². The van der Waals surface area contributed by atoms with Gasteiger partial charge in [0.1, 0.15) is 12.0 Å². The van der Waals surface area contributed by atoms with E-state index in [-0.39, 0.29) is 0 Å². The predicted molar refractivity (Wildman–Crippen MR) is 147 cm³/mol. The first-order valence-electron chi connectivity index (χ1n) is 11.7. The van der Waals surface area contributed by atoms with E-state index in [1.165, 1.54) is 23.0 Å². The molecule has 0 unspecified atom stereocenters. The predicted octanol–water partition coefficient (Wildman–Crippen LogP) is 5.86. The highest BCUT2D eigenvalue weighted by Gasteiger charge is 2.16. The molecule has 0 radical (unpaired) electrons. The van der Waals surface area contributed by atoms with Gasteiger partial charge in [-0.25, -0.2) is 0 Å². The second kappa shape index (κ2) is 11.8. The van der Waals surface area contributed by atoms with Gasteiger partial charge in [-0.15, -0.1) is 0 Å². The van der Waals surface area contributed by atoms with Crippen LogP contribution < -0.4 is 14.4 Å². The number of para-hydroxylation sites is 2. The molecule has 7 heteroatoms. The van der Waals surface area contributed by atoms with E-state index < -0.39 is 0 Å². The summed E-state index contributed by atoms with van der Waals surface area (Å²) in [4.78, 5) is 19.9. The lowest BCUT2D eigenvalue weighted by Crippen LogP contribution is -2.44. The summed E-state index contributed by atoms with van der Waals surface area (Å²) in [6, 6.07) is 22.3. The van der Waals surface area contributed by atoms with Gasteiger partial charge in [0.15, 0.2) is 0 Å². The molecule has 1 fully saturated rings. The minimum absolute atomic E-state index is 0.734. The molecule has 0 saturated carbocycles. The molecular formula is C28H32N4O2S. The Kier molecular flexibility index (Phi) is 8.34. The summed E-state index contributed by atoms with van der Waals surface area (Å²) in [6.45, 7) is 6.34. The normalized spacial score (nSPS) is 13.7. The highest BCUT2D eigenvalue weighted by atomic mass is 32.2. The lowest BCUT2D eigenvalue weighted by Gasteiger charge is -2.34. The number of hydrogen-bond donors (Lipinski definition) is 2. The topological polar surface area (TPSA) is 60.6 Å². The standard InChI is InChI=1S/C16H14N2OS.C12H18N2O/c1-11-2-4-15(9-13(11)10-19)20-18-14-3-5-16-12(8-14)6-7-17-16;1-13-7-9-14(10-8-13)11-5-3-4-6-12(11)15-2/h2-10,17-18H,1H3;3-6H,7-10H2,1-2H3. The number of carbonyl (C=O) groups excluding carboxylic acids is 1. The summed E-state index contributed by atoms with van der Waals surface area (Å²) < 4.78 is 8.67. The van der Waals surface area contributed by atoms with Crippen LogP contribution in [0.2, 0.25) is 0 Å². The first-order chi connectivity index (χ1) is 17.1. The molecule has 0 aliphatic carbocycles. The largest absolute Gasteiger partial charge is 0.495 e. The third-order valence-corrected chi connectivity index (χ3v) is 6.97. The maximum Gasteiger partial charge on any atom is 0.150 e. The van der Waals surface area contributed by atoms with Crippen LogP contribution in [0.3, 0.4) is 0 Å². The van der Waals surface area contributed by atoms with E-state index in [1.54, 1.807) is 7.11 Å². The van der Waals surface area contributed by atoms with Gasteiger partial charge in [-0.1, -0.05) is 18.2 Å². The molecule has 0 amide bonds. The smallest absolute Gasteiger partial charge is 0.150 e. The Morgan fingerprint density at radius 2 is 1.80 bits per heavy atom. The molecule has 4 aromatic rings. The molecular weight excluding hydrogens is 456 g/mol. The molecule has 0 spiro atoms. The summed E-state index contributed by atoms with van der Waals surface area (Å²) >= 11 is 1.50. The van der Waals surface area contributed by atoms with Gasteiger partial charge in [-0.3, -0.25) is 4.79 Å². The first kappa shape index (κ1) is 24.7. The third-order valence-electron chi connectivity index (χ3n) is 6.15. The van der Waals surface area contributed by atoms with E-state index in [9.17, 15) is 4.79 Å². The van der Waals surface area contributed by atoms with Crippen LogP contribution in [0, 0.1) is 6.92 Å². The monoisotopic (exact) mass is 488 g/mol. The highest BCUT2D eigenvalue weighted by molar-refractivity contribution is 8.00. The number of aromatic nitrogens is 1. The number of aldehydes is 1. The summed E-state index contributed by atoms with van der Waals surface area (Å²) in [5.41, 5.74) is 5.11. The minimum atomic E-state index is 0.734. The van der Waals surface area contributed by atoms with Crippen LogP contribution in [0.15, 0.2) is 77.8 Å². The summed E-state index contributed by atoms with van der Waals surface area (Å²) in [5.74, 6) is 0.974. The number of anilines is 2. The lowest BCUT2D eigenvalue weighted by atomic mass is 10.1. The zero-order valence-corrected chi connectivity index (χ0v) is 21.3. The summed E-state index contributed by atoms with van der Waals surface area (Å²) in [5, 5.41) is 1.17. The zero-order chi connectivity index (χ0) is 24.6. The maximum atomic E-state index is 10.9. The average Bonchev–Trinajstić information content (AvgIpc) is 3.37. The molecule has 5 rings (SSSR count). The van der Waals surface area contributed by atoms with Crippen molar-refractivity contribution in [2.24, 2.45) is 0 Å². The number of nitrogens with one attached hydrogen (secondary N) is 2. The molecule has 0 bridgehead atoms. The number of likely N-dealkylation sites (N-methyl/N-ethyl adjacent to an activating group) is 1. The second-order valence-electron chi connectivity index (χ2n) is 8.58. The van der Waals surface area contributed by atoms with Gasteiger partial charge >= 0.3 is 0 Å². The first-order valence-corrected chi connectivity index (χ1v) is 12.5. The van der Waals surface area contributed by atoms with Gasteiger partial charge in [0.2, 0.25) is 0 Å². The molecule has 1 aromatic heterocycles. The number of H-pyrrole nitrogens is 1. The fourth-order valence-corrected chi connectivity index (χ4v) is 4.67. The highest BCUT2D eigenvalue weighted by Crippen LogP contribution is 2.28. The molecule has 2 N–H and O–H groups in total. The molecule has 182 valence electrons. The Labute approximate surface area is 211 Å². The molecule has 0 atom stereocenters. The molecule has 1 aliphatic heterocycles. The van der Waals surface area contributed by atoms with Crippen molar-refractivity contribution < 1.29 is 9.53 Å². The maximum absolute atomic E-state index is 10.9. The number of benzene rings is 3. The SMILES string of the molecule is COc1ccccc1N1CCN(C)CC1.Cc1ccc(SNc2ccc3[nH]ccc3c2)cc1C=O. The van der Waals surface area contributed by atoms with Crippen molar-refractivity contribution in [2.75, 3.05) is 50.0 Å². The fraction of sp³-hybridized carbons (Fsp3) is 0.250. The van der Waals surface area contributed by atoms with Gasteiger partial charge in [-0.05, 0) is 80.0 Å². The van der Waals surface area contributed by atoms with Crippen molar-refractivity contribution in [1.29, 1.82) is 0 Å². The van der Waals surface area contributed by atoms with Gasteiger partial charge < -0.3 is 24.2 Å². The van der Waals surface area contributed by atoms with Crippen LogP contribution in [0.1, 0.15) is 15.9 Å². The van der Waals surface area contributed by atoms with Crippen LogP contribution in [0.5, 0.6) is 5.75 Å². The number of hydrogen-bond acceptors (Lipinski definition) is 6. The number of carbonyl (C=O) groups is 1. The van der Waals surface area contributed by atoms with Crippen molar-refractivity contribution in [3.63, 3.8) is 0 Å². The second-order valence-corrected chi connectivity index (χ2v) is 9.46. The number of ether oxygens (including phenoxy) is 1. The van der Waals surface area contributed by atoms with Crippen molar-refractivity contribution in [1.82, 2.24) is 9.88 Å². The van der Waals surface area contributed by atoms with Crippen LogP contribution in [-0.2, 0) is 0 Å². The van der Waals surface area contributed by atoms with Gasteiger partial charge in [0.25, 0.3) is 0 Å². The van der Waals surface area contributed by atoms with Crippen LogP contribution in [-0.4, -0.2) is 56.5 Å². The van der Waals surface area contributed by atoms with E-state index in [4.69, 9.17) is 4.74 Å². The van der Waals surface area contributed by atoms with E-state index in [0.717, 1.165) is 65.4 Å². The fourth-order valence-electron chi connectivity index (χ4n) is 3.98. The Morgan fingerprint density at radius 3 is 2.57 bits per heavy atom. The lowest BCUT2D eigenvalue weighted by molar-refractivity contribution is 0.112. The molecule has 1 saturated heterocycles. The third kappa shape index (κ3) is 6.38. The molecule has 3 aromatic carbocycles. The van der Waals surface area contributed by atoms with Crippen LogP contribution in [0.4, 0.5) is 11.4 Å². The molecule has 1 aliphatic rings. The molecule has 6 nitrogen and oxygen atoms in total. The van der Waals surface area contributed by atoms with Crippen molar-refractivity contribution in [2.45, 2.75) is 11.8 Å².